The van der Waals surface area contributed by atoms with Crippen LogP contribution >= 0.6 is 11.3 Å². The van der Waals surface area contributed by atoms with Crippen LogP contribution in [-0.2, 0) is 12.8 Å². The molecule has 1 amide bonds. The Kier molecular flexibility index (Phi) is 3.53. The van der Waals surface area contributed by atoms with Crippen LogP contribution in [0, 0.1) is 13.8 Å². The van der Waals surface area contributed by atoms with E-state index in [1.54, 1.807) is 11.3 Å². The number of hydrogen-bond acceptors (Lipinski definition) is 4. The predicted molar refractivity (Wildman–Crippen MR) is 80.4 cm³/mol. The second-order valence-corrected chi connectivity index (χ2v) is 6.33. The standard InChI is InChI=1S/C15H17N3OS/c1-9-7-10(2)17-15(16-9)18-14(19)13-8-11-5-3-4-6-12(11)20-13/h7-8H,3-6H2,1-2H3,(H,16,17,18,19). The third kappa shape index (κ3) is 2.72. The SMILES string of the molecule is Cc1cc(C)nc(NC(=O)c2cc3c(s2)CCCC3)n1. The number of carbonyl (C=O) groups is 1. The maximum atomic E-state index is 12.3. The lowest BCUT2D eigenvalue weighted by Gasteiger charge is -2.08. The van der Waals surface area contributed by atoms with Crippen LogP contribution in [0.2, 0.25) is 0 Å². The average molecular weight is 287 g/mol. The van der Waals surface area contributed by atoms with E-state index in [1.807, 2.05) is 26.0 Å². The number of carbonyl (C=O) groups excluding carboxylic acids is 1. The summed E-state index contributed by atoms with van der Waals surface area (Å²) < 4.78 is 0. The second-order valence-electron chi connectivity index (χ2n) is 5.19. The summed E-state index contributed by atoms with van der Waals surface area (Å²) in [6.45, 7) is 3.79. The topological polar surface area (TPSA) is 54.9 Å². The number of amides is 1. The molecule has 0 aliphatic heterocycles. The first-order valence-electron chi connectivity index (χ1n) is 6.87. The third-order valence-corrected chi connectivity index (χ3v) is 4.66. The zero-order valence-electron chi connectivity index (χ0n) is 11.7. The summed E-state index contributed by atoms with van der Waals surface area (Å²) in [7, 11) is 0. The summed E-state index contributed by atoms with van der Waals surface area (Å²) in [6.07, 6.45) is 4.66. The molecule has 2 heterocycles. The van der Waals surface area contributed by atoms with Crippen molar-refractivity contribution in [2.45, 2.75) is 39.5 Å². The third-order valence-electron chi connectivity index (χ3n) is 3.43. The van der Waals surface area contributed by atoms with Gasteiger partial charge in [0.2, 0.25) is 5.95 Å². The average Bonchev–Trinajstić information content (AvgIpc) is 2.81. The van der Waals surface area contributed by atoms with E-state index >= 15 is 0 Å². The van der Waals surface area contributed by atoms with Crippen molar-refractivity contribution in [3.05, 3.63) is 38.8 Å². The summed E-state index contributed by atoms with van der Waals surface area (Å²) in [5.74, 6) is 0.285. The number of aryl methyl sites for hydroxylation is 4. The van der Waals surface area contributed by atoms with Crippen LogP contribution in [0.1, 0.15) is 44.3 Å². The van der Waals surface area contributed by atoms with Gasteiger partial charge in [-0.15, -0.1) is 11.3 Å². The van der Waals surface area contributed by atoms with E-state index in [2.05, 4.69) is 15.3 Å². The van der Waals surface area contributed by atoms with Crippen molar-refractivity contribution in [2.75, 3.05) is 5.32 Å². The summed E-state index contributed by atoms with van der Waals surface area (Å²) >= 11 is 1.60. The highest BCUT2D eigenvalue weighted by Gasteiger charge is 2.17. The van der Waals surface area contributed by atoms with Crippen LogP contribution in [0.3, 0.4) is 0 Å². The summed E-state index contributed by atoms with van der Waals surface area (Å²) in [4.78, 5) is 22.9. The maximum Gasteiger partial charge on any atom is 0.268 e. The Morgan fingerprint density at radius 1 is 1.15 bits per heavy atom. The first-order chi connectivity index (χ1) is 9.61. The van der Waals surface area contributed by atoms with Gasteiger partial charge < -0.3 is 0 Å². The Balaban J connectivity index is 1.80. The fourth-order valence-electron chi connectivity index (χ4n) is 2.55. The number of nitrogens with zero attached hydrogens (tertiary/aromatic N) is 2. The Bertz CT molecular complexity index is 619. The molecule has 0 spiro atoms. The fourth-order valence-corrected chi connectivity index (χ4v) is 3.70. The van der Waals surface area contributed by atoms with E-state index in [4.69, 9.17) is 0 Å². The monoisotopic (exact) mass is 287 g/mol. The molecule has 1 N–H and O–H groups in total. The molecule has 2 aromatic heterocycles. The van der Waals surface area contributed by atoms with E-state index in [0.29, 0.717) is 5.95 Å². The van der Waals surface area contributed by atoms with Gasteiger partial charge in [-0.1, -0.05) is 0 Å². The zero-order valence-corrected chi connectivity index (χ0v) is 12.5. The molecule has 0 atom stereocenters. The van der Waals surface area contributed by atoms with Gasteiger partial charge in [-0.25, -0.2) is 9.97 Å². The first kappa shape index (κ1) is 13.2. The number of thiophene rings is 1. The van der Waals surface area contributed by atoms with E-state index < -0.39 is 0 Å². The molecule has 2 aromatic rings. The van der Waals surface area contributed by atoms with Gasteiger partial charge in [-0.3, -0.25) is 10.1 Å². The molecule has 3 rings (SSSR count). The molecule has 1 aliphatic rings. The molecule has 0 radical (unpaired) electrons. The van der Waals surface area contributed by atoms with Gasteiger partial charge in [-0.2, -0.15) is 0 Å². The van der Waals surface area contributed by atoms with Gasteiger partial charge in [0.15, 0.2) is 0 Å². The van der Waals surface area contributed by atoms with Crippen LogP contribution in [0.15, 0.2) is 12.1 Å². The van der Waals surface area contributed by atoms with Gasteiger partial charge in [0.05, 0.1) is 4.88 Å². The lowest BCUT2D eigenvalue weighted by molar-refractivity contribution is 0.102. The van der Waals surface area contributed by atoms with Gasteiger partial charge in [0.25, 0.3) is 5.91 Å². The fraction of sp³-hybridized carbons (Fsp3) is 0.400. The summed E-state index contributed by atoms with van der Waals surface area (Å²) in [6, 6.07) is 3.91. The van der Waals surface area contributed by atoms with Crippen LogP contribution < -0.4 is 5.32 Å². The highest BCUT2D eigenvalue weighted by Crippen LogP contribution is 2.29. The first-order valence-corrected chi connectivity index (χ1v) is 7.69. The molecule has 5 heteroatoms. The number of fused-ring (bicyclic) bond motifs is 1. The van der Waals surface area contributed by atoms with Crippen molar-refractivity contribution >= 4 is 23.2 Å². The molecule has 104 valence electrons. The van der Waals surface area contributed by atoms with Crippen molar-refractivity contribution in [1.29, 1.82) is 0 Å². The van der Waals surface area contributed by atoms with Gasteiger partial charge >= 0.3 is 0 Å². The van der Waals surface area contributed by atoms with Crippen LogP contribution in [0.5, 0.6) is 0 Å². The number of aromatic nitrogens is 2. The predicted octanol–water partition coefficient (Wildman–Crippen LogP) is 3.29. The number of hydrogen-bond donors (Lipinski definition) is 1. The molecule has 4 nitrogen and oxygen atoms in total. The van der Waals surface area contributed by atoms with Crippen molar-refractivity contribution < 1.29 is 4.79 Å². The van der Waals surface area contributed by atoms with E-state index in [0.717, 1.165) is 29.1 Å². The van der Waals surface area contributed by atoms with Crippen molar-refractivity contribution in [1.82, 2.24) is 9.97 Å². The van der Waals surface area contributed by atoms with E-state index in [9.17, 15) is 4.79 Å². The number of anilines is 1. The molecule has 0 unspecified atom stereocenters. The quantitative estimate of drug-likeness (QED) is 0.922. The lowest BCUT2D eigenvalue weighted by atomic mass is 9.99. The van der Waals surface area contributed by atoms with E-state index in [1.165, 1.54) is 23.3 Å². The highest BCUT2D eigenvalue weighted by atomic mass is 32.1. The Labute approximate surface area is 122 Å². The van der Waals surface area contributed by atoms with Gasteiger partial charge in [-0.05, 0) is 57.2 Å². The number of rotatable bonds is 2. The number of nitrogens with one attached hydrogen (secondary N) is 1. The van der Waals surface area contributed by atoms with Crippen LogP contribution in [-0.4, -0.2) is 15.9 Å². The minimum atomic E-state index is -0.102. The maximum absolute atomic E-state index is 12.3. The molecule has 1 aliphatic carbocycles. The van der Waals surface area contributed by atoms with Crippen LogP contribution in [0.25, 0.3) is 0 Å². The zero-order chi connectivity index (χ0) is 14.1. The normalized spacial score (nSPS) is 13.9. The molecule has 0 aromatic carbocycles. The van der Waals surface area contributed by atoms with Crippen molar-refractivity contribution in [3.63, 3.8) is 0 Å². The molecular formula is C15H17N3OS. The Hall–Kier alpha value is -1.75. The van der Waals surface area contributed by atoms with Crippen molar-refractivity contribution in [3.8, 4) is 0 Å². The largest absolute Gasteiger partial charge is 0.290 e. The molecule has 0 saturated heterocycles. The second kappa shape index (κ2) is 5.32. The summed E-state index contributed by atoms with van der Waals surface area (Å²) in [5.41, 5.74) is 3.06. The molecule has 20 heavy (non-hydrogen) atoms. The lowest BCUT2D eigenvalue weighted by Crippen LogP contribution is -2.13. The van der Waals surface area contributed by atoms with Gasteiger partial charge in [0, 0.05) is 16.3 Å². The minimum absolute atomic E-state index is 0.102. The molecule has 0 fully saturated rings. The highest BCUT2D eigenvalue weighted by molar-refractivity contribution is 7.14. The molecular weight excluding hydrogens is 270 g/mol. The van der Waals surface area contributed by atoms with Crippen molar-refractivity contribution in [2.24, 2.45) is 0 Å². The van der Waals surface area contributed by atoms with Gasteiger partial charge in [0.1, 0.15) is 0 Å². The Morgan fingerprint density at radius 3 is 2.55 bits per heavy atom. The Morgan fingerprint density at radius 2 is 1.85 bits per heavy atom. The smallest absolute Gasteiger partial charge is 0.268 e. The summed E-state index contributed by atoms with van der Waals surface area (Å²) in [5, 5.41) is 2.80. The molecule has 0 saturated carbocycles. The van der Waals surface area contributed by atoms with Crippen LogP contribution in [0.4, 0.5) is 5.95 Å². The minimum Gasteiger partial charge on any atom is -0.290 e. The molecule has 0 bridgehead atoms. The van der Waals surface area contributed by atoms with E-state index in [-0.39, 0.29) is 5.91 Å².